The number of carbonyl (C=O) groups is 1. The van der Waals surface area contributed by atoms with Crippen LogP contribution in [0.4, 0.5) is 0 Å². The Kier molecular flexibility index (Phi) is 4.10. The van der Waals surface area contributed by atoms with E-state index in [4.69, 9.17) is 9.84 Å². The van der Waals surface area contributed by atoms with E-state index in [1.807, 2.05) is 0 Å². The molecule has 1 aromatic heterocycles. The smallest absolute Gasteiger partial charge is 0.346 e. The van der Waals surface area contributed by atoms with E-state index in [2.05, 4.69) is 13.8 Å². The molecule has 1 N–H and O–H groups in total. The molecular formula is C10H14O3S. The molecule has 0 amide bonds. The summed E-state index contributed by atoms with van der Waals surface area (Å²) in [5, 5.41) is 10.6. The zero-order chi connectivity index (χ0) is 10.6. The highest BCUT2D eigenvalue weighted by atomic mass is 32.1. The Balaban J connectivity index is 2.50. The van der Waals surface area contributed by atoms with Crippen LogP contribution in [0.2, 0.25) is 0 Å². The Morgan fingerprint density at radius 2 is 2.36 bits per heavy atom. The van der Waals surface area contributed by atoms with Crippen LogP contribution in [0, 0.1) is 5.92 Å². The van der Waals surface area contributed by atoms with Crippen molar-refractivity contribution in [1.82, 2.24) is 0 Å². The first-order chi connectivity index (χ1) is 6.61. The number of hydrogen-bond donors (Lipinski definition) is 1. The molecule has 0 saturated carbocycles. The maximum absolute atomic E-state index is 10.7. The first-order valence-corrected chi connectivity index (χ1v) is 5.36. The van der Waals surface area contributed by atoms with Crippen molar-refractivity contribution in [2.75, 3.05) is 6.61 Å². The van der Waals surface area contributed by atoms with Gasteiger partial charge in [0.1, 0.15) is 4.88 Å². The molecule has 0 aliphatic rings. The van der Waals surface area contributed by atoms with Crippen molar-refractivity contribution < 1.29 is 14.6 Å². The lowest BCUT2D eigenvalue weighted by Gasteiger charge is -2.05. The van der Waals surface area contributed by atoms with Gasteiger partial charge < -0.3 is 9.84 Å². The van der Waals surface area contributed by atoms with Crippen molar-refractivity contribution >= 4 is 17.3 Å². The number of rotatable bonds is 5. The van der Waals surface area contributed by atoms with Crippen molar-refractivity contribution in [3.63, 3.8) is 0 Å². The summed E-state index contributed by atoms with van der Waals surface area (Å²) in [5.41, 5.74) is 0.767. The van der Waals surface area contributed by atoms with Crippen molar-refractivity contribution in [2.45, 2.75) is 20.5 Å². The molecule has 1 rings (SSSR count). The lowest BCUT2D eigenvalue weighted by atomic mass is 10.2. The number of ether oxygens (including phenoxy) is 1. The molecule has 0 unspecified atom stereocenters. The standard InChI is InChI=1S/C10H14O3S/c1-7(2)5-13-6-8-3-4-14-9(8)10(11)12/h3-4,7H,5-6H2,1-2H3,(H,11,12). The summed E-state index contributed by atoms with van der Waals surface area (Å²) < 4.78 is 5.37. The van der Waals surface area contributed by atoms with E-state index in [0.29, 0.717) is 24.0 Å². The predicted octanol–water partition coefficient (Wildman–Crippen LogP) is 2.62. The van der Waals surface area contributed by atoms with Crippen molar-refractivity contribution in [3.05, 3.63) is 21.9 Å². The molecule has 0 aromatic carbocycles. The highest BCUT2D eigenvalue weighted by molar-refractivity contribution is 7.12. The van der Waals surface area contributed by atoms with E-state index >= 15 is 0 Å². The molecule has 0 atom stereocenters. The summed E-state index contributed by atoms with van der Waals surface area (Å²) in [7, 11) is 0. The van der Waals surface area contributed by atoms with Crippen molar-refractivity contribution in [2.24, 2.45) is 5.92 Å². The quantitative estimate of drug-likeness (QED) is 0.819. The molecule has 14 heavy (non-hydrogen) atoms. The summed E-state index contributed by atoms with van der Waals surface area (Å²) >= 11 is 1.24. The van der Waals surface area contributed by atoms with Crippen LogP contribution >= 0.6 is 11.3 Å². The van der Waals surface area contributed by atoms with Crippen molar-refractivity contribution in [3.8, 4) is 0 Å². The second-order valence-electron chi connectivity index (χ2n) is 3.49. The Hall–Kier alpha value is -0.870. The Morgan fingerprint density at radius 1 is 1.64 bits per heavy atom. The number of hydrogen-bond acceptors (Lipinski definition) is 3. The first kappa shape index (κ1) is 11.2. The number of thiophene rings is 1. The van der Waals surface area contributed by atoms with Crippen molar-refractivity contribution in [1.29, 1.82) is 0 Å². The summed E-state index contributed by atoms with van der Waals surface area (Å²) in [5.74, 6) is -0.398. The minimum atomic E-state index is -0.872. The largest absolute Gasteiger partial charge is 0.477 e. The summed E-state index contributed by atoms with van der Waals surface area (Å²) in [6.07, 6.45) is 0. The van der Waals surface area contributed by atoms with Gasteiger partial charge in [-0.1, -0.05) is 13.8 Å². The van der Waals surface area contributed by atoms with Gasteiger partial charge in [0.05, 0.1) is 6.61 Å². The number of carboxylic acid groups (broad SMARTS) is 1. The summed E-state index contributed by atoms with van der Waals surface area (Å²) in [4.78, 5) is 11.1. The summed E-state index contributed by atoms with van der Waals surface area (Å²) in [6, 6.07) is 1.80. The Bertz CT molecular complexity index is 304. The second kappa shape index (κ2) is 5.12. The van der Waals surface area contributed by atoms with Gasteiger partial charge in [-0.25, -0.2) is 4.79 Å². The van der Waals surface area contributed by atoms with E-state index in [1.165, 1.54) is 11.3 Å². The zero-order valence-electron chi connectivity index (χ0n) is 8.32. The summed E-state index contributed by atoms with van der Waals surface area (Å²) in [6.45, 7) is 5.18. The van der Waals surface area contributed by atoms with Crippen LogP contribution in [0.15, 0.2) is 11.4 Å². The minimum absolute atomic E-state index is 0.383. The number of carboxylic acids is 1. The molecule has 0 bridgehead atoms. The fourth-order valence-electron chi connectivity index (χ4n) is 1.04. The molecule has 0 aliphatic heterocycles. The molecule has 0 spiro atoms. The lowest BCUT2D eigenvalue weighted by Crippen LogP contribution is -2.04. The zero-order valence-corrected chi connectivity index (χ0v) is 9.13. The van der Waals surface area contributed by atoms with E-state index < -0.39 is 5.97 Å². The molecule has 0 aliphatic carbocycles. The van der Waals surface area contributed by atoms with Gasteiger partial charge in [-0.05, 0) is 17.4 Å². The van der Waals surface area contributed by atoms with Gasteiger partial charge in [-0.2, -0.15) is 0 Å². The minimum Gasteiger partial charge on any atom is -0.477 e. The second-order valence-corrected chi connectivity index (χ2v) is 4.41. The van der Waals surface area contributed by atoms with E-state index in [1.54, 1.807) is 11.4 Å². The van der Waals surface area contributed by atoms with Crippen LogP contribution in [0.3, 0.4) is 0 Å². The normalized spacial score (nSPS) is 10.8. The van der Waals surface area contributed by atoms with Gasteiger partial charge >= 0.3 is 5.97 Å². The van der Waals surface area contributed by atoms with Crippen LogP contribution in [0.1, 0.15) is 29.1 Å². The van der Waals surface area contributed by atoms with Gasteiger partial charge in [0.15, 0.2) is 0 Å². The Morgan fingerprint density at radius 3 is 2.93 bits per heavy atom. The van der Waals surface area contributed by atoms with Gasteiger partial charge in [0.25, 0.3) is 0 Å². The van der Waals surface area contributed by atoms with Crippen LogP contribution in [-0.2, 0) is 11.3 Å². The maximum Gasteiger partial charge on any atom is 0.346 e. The average molecular weight is 214 g/mol. The van der Waals surface area contributed by atoms with Crippen LogP contribution in [0.25, 0.3) is 0 Å². The highest BCUT2D eigenvalue weighted by Gasteiger charge is 2.11. The highest BCUT2D eigenvalue weighted by Crippen LogP contribution is 2.17. The van der Waals surface area contributed by atoms with Gasteiger partial charge in [0.2, 0.25) is 0 Å². The monoisotopic (exact) mass is 214 g/mol. The Labute approximate surface area is 87.3 Å². The third-order valence-electron chi connectivity index (χ3n) is 1.65. The van der Waals surface area contributed by atoms with Gasteiger partial charge in [0, 0.05) is 12.2 Å². The topological polar surface area (TPSA) is 46.5 Å². The van der Waals surface area contributed by atoms with E-state index in [9.17, 15) is 4.79 Å². The van der Waals surface area contributed by atoms with Gasteiger partial charge in [-0.3, -0.25) is 0 Å². The van der Waals surface area contributed by atoms with E-state index in [0.717, 1.165) is 5.56 Å². The van der Waals surface area contributed by atoms with Gasteiger partial charge in [-0.15, -0.1) is 11.3 Å². The predicted molar refractivity (Wildman–Crippen MR) is 55.8 cm³/mol. The molecule has 4 heteroatoms. The van der Waals surface area contributed by atoms with Crippen LogP contribution in [0.5, 0.6) is 0 Å². The lowest BCUT2D eigenvalue weighted by molar-refractivity contribution is 0.0688. The average Bonchev–Trinajstić information content (AvgIpc) is 2.51. The molecular weight excluding hydrogens is 200 g/mol. The SMILES string of the molecule is CC(C)COCc1ccsc1C(=O)O. The fourth-order valence-corrected chi connectivity index (χ4v) is 1.79. The van der Waals surface area contributed by atoms with E-state index in [-0.39, 0.29) is 0 Å². The number of aromatic carboxylic acids is 1. The van der Waals surface area contributed by atoms with Crippen LogP contribution < -0.4 is 0 Å². The molecule has 3 nitrogen and oxygen atoms in total. The molecule has 1 heterocycles. The molecule has 0 fully saturated rings. The maximum atomic E-state index is 10.7. The molecule has 78 valence electrons. The molecule has 0 radical (unpaired) electrons. The first-order valence-electron chi connectivity index (χ1n) is 4.48. The molecule has 1 aromatic rings. The third-order valence-corrected chi connectivity index (χ3v) is 2.59. The van der Waals surface area contributed by atoms with Crippen LogP contribution in [-0.4, -0.2) is 17.7 Å². The molecule has 0 saturated heterocycles. The fraction of sp³-hybridized carbons (Fsp3) is 0.500. The third kappa shape index (κ3) is 3.12.